The molecule has 142 valence electrons. The van der Waals surface area contributed by atoms with Crippen LogP contribution in [0.1, 0.15) is 31.4 Å². The Morgan fingerprint density at radius 3 is 2.81 bits per heavy atom. The molecule has 2 amide bonds. The number of aromatic nitrogens is 1. The van der Waals surface area contributed by atoms with E-state index in [1.807, 2.05) is 23.1 Å². The van der Waals surface area contributed by atoms with Crippen molar-refractivity contribution in [3.05, 3.63) is 30.1 Å². The van der Waals surface area contributed by atoms with Gasteiger partial charge in [-0.05, 0) is 37.9 Å². The minimum absolute atomic E-state index is 0.0361. The minimum Gasteiger partial charge on any atom is -0.378 e. The van der Waals surface area contributed by atoms with Crippen molar-refractivity contribution in [1.29, 1.82) is 0 Å². The number of pyridine rings is 1. The summed E-state index contributed by atoms with van der Waals surface area (Å²) in [7, 11) is 0. The summed E-state index contributed by atoms with van der Waals surface area (Å²) in [4.78, 5) is 33.0. The smallest absolute Gasteiger partial charge is 0.227 e. The van der Waals surface area contributed by atoms with Crippen molar-refractivity contribution in [2.24, 2.45) is 11.7 Å². The molecular formula is C19H28N4O3. The molecule has 0 spiro atoms. The third-order valence-corrected chi connectivity index (χ3v) is 5.10. The van der Waals surface area contributed by atoms with Gasteiger partial charge >= 0.3 is 0 Å². The number of amides is 2. The summed E-state index contributed by atoms with van der Waals surface area (Å²) in [5.74, 6) is -0.0998. The van der Waals surface area contributed by atoms with Crippen LogP contribution in [-0.2, 0) is 20.9 Å². The number of piperidine rings is 1. The summed E-state index contributed by atoms with van der Waals surface area (Å²) in [6.07, 6.45) is 4.83. The van der Waals surface area contributed by atoms with Gasteiger partial charge in [-0.25, -0.2) is 0 Å². The molecule has 3 rings (SSSR count). The zero-order valence-corrected chi connectivity index (χ0v) is 15.2. The summed E-state index contributed by atoms with van der Waals surface area (Å²) in [5, 5.41) is 0. The summed E-state index contributed by atoms with van der Waals surface area (Å²) in [6.45, 7) is 3.70. The van der Waals surface area contributed by atoms with E-state index in [-0.39, 0.29) is 23.8 Å². The van der Waals surface area contributed by atoms with Gasteiger partial charge in [0.1, 0.15) is 0 Å². The molecule has 0 bridgehead atoms. The van der Waals surface area contributed by atoms with E-state index in [4.69, 9.17) is 10.5 Å². The molecule has 2 fully saturated rings. The number of hydrogen-bond acceptors (Lipinski definition) is 5. The van der Waals surface area contributed by atoms with E-state index < -0.39 is 0 Å². The third-order valence-electron chi connectivity index (χ3n) is 5.10. The van der Waals surface area contributed by atoms with Gasteiger partial charge in [0.2, 0.25) is 11.8 Å². The van der Waals surface area contributed by atoms with Crippen LogP contribution in [0.15, 0.2) is 24.4 Å². The number of rotatable bonds is 7. The van der Waals surface area contributed by atoms with Crippen LogP contribution in [0.5, 0.6) is 0 Å². The lowest BCUT2D eigenvalue weighted by Gasteiger charge is -2.33. The Balaban J connectivity index is 1.46. The second-order valence-electron chi connectivity index (χ2n) is 7.03. The molecule has 2 saturated heterocycles. The Hall–Kier alpha value is -1.99. The second-order valence-corrected chi connectivity index (χ2v) is 7.03. The lowest BCUT2D eigenvalue weighted by Crippen LogP contribution is -2.44. The van der Waals surface area contributed by atoms with E-state index in [0.717, 1.165) is 25.0 Å². The molecule has 26 heavy (non-hydrogen) atoms. The summed E-state index contributed by atoms with van der Waals surface area (Å²) in [6, 6.07) is 5.66. The van der Waals surface area contributed by atoms with E-state index in [1.165, 1.54) is 0 Å². The van der Waals surface area contributed by atoms with E-state index in [0.29, 0.717) is 45.8 Å². The molecular weight excluding hydrogens is 332 g/mol. The van der Waals surface area contributed by atoms with Crippen molar-refractivity contribution in [1.82, 2.24) is 14.8 Å². The number of ether oxygens (including phenoxy) is 1. The Morgan fingerprint density at radius 2 is 2.12 bits per heavy atom. The number of carbonyl (C=O) groups is 2. The predicted octanol–water partition coefficient (Wildman–Crippen LogP) is 0.787. The maximum Gasteiger partial charge on any atom is 0.227 e. The first kappa shape index (κ1) is 18.8. The van der Waals surface area contributed by atoms with Crippen molar-refractivity contribution in [3.63, 3.8) is 0 Å². The molecule has 0 aromatic carbocycles. The van der Waals surface area contributed by atoms with Gasteiger partial charge < -0.3 is 20.3 Å². The molecule has 2 aliphatic rings. The highest BCUT2D eigenvalue weighted by Crippen LogP contribution is 2.24. The van der Waals surface area contributed by atoms with Gasteiger partial charge in [0.15, 0.2) is 0 Å². The quantitative estimate of drug-likeness (QED) is 0.726. The van der Waals surface area contributed by atoms with Crippen LogP contribution in [0.3, 0.4) is 0 Å². The minimum atomic E-state index is -0.235. The van der Waals surface area contributed by atoms with Gasteiger partial charge in [0.05, 0.1) is 24.3 Å². The van der Waals surface area contributed by atoms with Gasteiger partial charge in [-0.3, -0.25) is 14.6 Å². The number of nitrogens with zero attached hydrogens (tertiary/aromatic N) is 3. The van der Waals surface area contributed by atoms with Crippen LogP contribution >= 0.6 is 0 Å². The van der Waals surface area contributed by atoms with Gasteiger partial charge in [-0.15, -0.1) is 0 Å². The first-order chi connectivity index (χ1) is 12.7. The molecule has 7 nitrogen and oxygen atoms in total. The SMILES string of the molecule is NCCCOC1CCN(C(=O)C2CC(=O)N(Cc3ccccn3)C2)CC1. The summed E-state index contributed by atoms with van der Waals surface area (Å²) < 4.78 is 5.79. The lowest BCUT2D eigenvalue weighted by molar-refractivity contribution is -0.138. The molecule has 3 heterocycles. The van der Waals surface area contributed by atoms with E-state index in [1.54, 1.807) is 11.1 Å². The molecule has 0 aliphatic carbocycles. The zero-order chi connectivity index (χ0) is 18.4. The van der Waals surface area contributed by atoms with Crippen molar-refractivity contribution in [3.8, 4) is 0 Å². The topological polar surface area (TPSA) is 88.8 Å². The van der Waals surface area contributed by atoms with Gasteiger partial charge in [-0.1, -0.05) is 6.07 Å². The molecule has 0 radical (unpaired) electrons. The monoisotopic (exact) mass is 360 g/mol. The highest BCUT2D eigenvalue weighted by atomic mass is 16.5. The largest absolute Gasteiger partial charge is 0.378 e. The van der Waals surface area contributed by atoms with Crippen LogP contribution in [0.2, 0.25) is 0 Å². The highest BCUT2D eigenvalue weighted by Gasteiger charge is 2.37. The summed E-state index contributed by atoms with van der Waals surface area (Å²) in [5.41, 5.74) is 6.33. The first-order valence-electron chi connectivity index (χ1n) is 9.45. The van der Waals surface area contributed by atoms with E-state index >= 15 is 0 Å². The van der Waals surface area contributed by atoms with Crippen LogP contribution in [0, 0.1) is 5.92 Å². The van der Waals surface area contributed by atoms with E-state index in [2.05, 4.69) is 4.98 Å². The maximum absolute atomic E-state index is 12.8. The standard InChI is InChI=1S/C19H28N4O3/c20-7-3-11-26-17-5-9-22(10-6-17)19(25)15-12-18(24)23(13-15)14-16-4-1-2-8-21-16/h1-2,4,8,15,17H,3,5-7,9-14,20H2. The molecule has 1 unspecified atom stereocenters. The molecule has 1 atom stereocenters. The number of carbonyl (C=O) groups excluding carboxylic acids is 2. The molecule has 1 aromatic heterocycles. The van der Waals surface area contributed by atoms with Crippen molar-refractivity contribution in [2.75, 3.05) is 32.8 Å². The Bertz CT molecular complexity index is 602. The van der Waals surface area contributed by atoms with Crippen molar-refractivity contribution in [2.45, 2.75) is 38.3 Å². The Labute approximate surface area is 154 Å². The van der Waals surface area contributed by atoms with Crippen LogP contribution in [0.4, 0.5) is 0 Å². The van der Waals surface area contributed by atoms with E-state index in [9.17, 15) is 9.59 Å². The maximum atomic E-state index is 12.8. The fraction of sp³-hybridized carbons (Fsp3) is 0.632. The fourth-order valence-corrected chi connectivity index (χ4v) is 3.61. The Kier molecular flexibility index (Phi) is 6.57. The molecule has 2 aliphatic heterocycles. The normalized spacial score (nSPS) is 21.4. The zero-order valence-electron chi connectivity index (χ0n) is 15.2. The van der Waals surface area contributed by atoms with Crippen LogP contribution in [-0.4, -0.2) is 65.5 Å². The number of nitrogens with two attached hydrogens (primary N) is 1. The van der Waals surface area contributed by atoms with Gasteiger partial charge in [0.25, 0.3) is 0 Å². The number of likely N-dealkylation sites (tertiary alicyclic amines) is 2. The fourth-order valence-electron chi connectivity index (χ4n) is 3.61. The third kappa shape index (κ3) is 4.80. The average molecular weight is 360 g/mol. The van der Waals surface area contributed by atoms with Crippen LogP contribution in [0.25, 0.3) is 0 Å². The van der Waals surface area contributed by atoms with Gasteiger partial charge in [0, 0.05) is 38.9 Å². The average Bonchev–Trinajstić information content (AvgIpc) is 3.03. The molecule has 0 saturated carbocycles. The highest BCUT2D eigenvalue weighted by molar-refractivity contribution is 5.89. The summed E-state index contributed by atoms with van der Waals surface area (Å²) >= 11 is 0. The second kappa shape index (κ2) is 9.09. The van der Waals surface area contributed by atoms with Crippen molar-refractivity contribution >= 4 is 11.8 Å². The van der Waals surface area contributed by atoms with Gasteiger partial charge in [-0.2, -0.15) is 0 Å². The number of hydrogen-bond donors (Lipinski definition) is 1. The first-order valence-corrected chi connectivity index (χ1v) is 9.45. The Morgan fingerprint density at radius 1 is 1.31 bits per heavy atom. The van der Waals surface area contributed by atoms with Crippen molar-refractivity contribution < 1.29 is 14.3 Å². The molecule has 2 N–H and O–H groups in total. The predicted molar refractivity (Wildman–Crippen MR) is 97.0 cm³/mol. The lowest BCUT2D eigenvalue weighted by atomic mass is 10.0. The molecule has 7 heteroatoms. The van der Waals surface area contributed by atoms with Crippen LogP contribution < -0.4 is 5.73 Å². The molecule has 1 aromatic rings.